The molecule has 1 aromatic carbocycles. The van der Waals surface area contributed by atoms with Gasteiger partial charge in [-0.3, -0.25) is 0 Å². The molecule has 1 aromatic heterocycles. The minimum atomic E-state index is -0.653. The molecule has 2 heterocycles. The molecule has 1 fully saturated rings. The van der Waals surface area contributed by atoms with Crippen LogP contribution in [0.1, 0.15) is 12.8 Å². The molecular weight excluding hydrogens is 240 g/mol. The Kier molecular flexibility index (Phi) is 3.31. The van der Waals surface area contributed by atoms with Gasteiger partial charge in [0.2, 0.25) is 5.95 Å². The van der Waals surface area contributed by atoms with E-state index < -0.39 is 5.60 Å². The molecule has 0 aliphatic carbocycles. The van der Waals surface area contributed by atoms with E-state index in [4.69, 9.17) is 0 Å². The Bertz CT molecular complexity index is 566. The zero-order chi connectivity index (χ0) is 13.1. The molecule has 3 N–H and O–H groups in total. The van der Waals surface area contributed by atoms with Gasteiger partial charge < -0.3 is 15.7 Å². The Labute approximate surface area is 112 Å². The maximum Gasteiger partial charge on any atom is 0.223 e. The molecule has 5 nitrogen and oxygen atoms in total. The van der Waals surface area contributed by atoms with Gasteiger partial charge in [-0.05, 0) is 32.0 Å². The summed E-state index contributed by atoms with van der Waals surface area (Å²) in [5.74, 6) is 0.575. The Morgan fingerprint density at radius 1 is 1.26 bits per heavy atom. The van der Waals surface area contributed by atoms with Crippen LogP contribution in [-0.4, -0.2) is 40.3 Å². The van der Waals surface area contributed by atoms with Gasteiger partial charge in [0.25, 0.3) is 0 Å². The Hall–Kier alpha value is -1.72. The molecule has 1 saturated heterocycles. The normalized spacial score (nSPS) is 18.4. The maximum absolute atomic E-state index is 10.4. The van der Waals surface area contributed by atoms with Gasteiger partial charge in [0, 0.05) is 18.1 Å². The van der Waals surface area contributed by atoms with Crippen molar-refractivity contribution in [3.05, 3.63) is 30.5 Å². The van der Waals surface area contributed by atoms with Crippen LogP contribution in [0.3, 0.4) is 0 Å². The highest BCUT2D eigenvalue weighted by Gasteiger charge is 2.28. The summed E-state index contributed by atoms with van der Waals surface area (Å²) in [6, 6.07) is 7.87. The molecular formula is C14H18N4O. The van der Waals surface area contributed by atoms with Crippen LogP contribution in [0.2, 0.25) is 0 Å². The third-order valence-corrected chi connectivity index (χ3v) is 3.60. The van der Waals surface area contributed by atoms with E-state index in [1.165, 1.54) is 0 Å². The van der Waals surface area contributed by atoms with Gasteiger partial charge in [-0.25, -0.2) is 9.97 Å². The number of rotatable bonds is 3. The fourth-order valence-corrected chi connectivity index (χ4v) is 2.37. The van der Waals surface area contributed by atoms with Crippen molar-refractivity contribution in [2.24, 2.45) is 0 Å². The van der Waals surface area contributed by atoms with Gasteiger partial charge in [-0.1, -0.05) is 18.2 Å². The maximum atomic E-state index is 10.4. The van der Waals surface area contributed by atoms with E-state index in [0.29, 0.717) is 12.5 Å². The van der Waals surface area contributed by atoms with Gasteiger partial charge in [-0.2, -0.15) is 0 Å². The van der Waals surface area contributed by atoms with Crippen LogP contribution in [0, 0.1) is 0 Å². The average molecular weight is 258 g/mol. The van der Waals surface area contributed by atoms with E-state index in [0.717, 1.165) is 36.8 Å². The standard InChI is InChI=1S/C14H18N4O/c19-14(5-7-15-8-6-14)10-17-13-16-9-11-3-1-2-4-12(11)18-13/h1-4,9,15,19H,5-8,10H2,(H,16,17,18). The summed E-state index contributed by atoms with van der Waals surface area (Å²) in [5.41, 5.74) is 0.262. The molecule has 2 aromatic rings. The minimum absolute atomic E-state index is 0.493. The highest BCUT2D eigenvalue weighted by atomic mass is 16.3. The number of hydrogen-bond acceptors (Lipinski definition) is 5. The van der Waals surface area contributed by atoms with Crippen LogP contribution >= 0.6 is 0 Å². The van der Waals surface area contributed by atoms with E-state index in [9.17, 15) is 5.11 Å². The van der Waals surface area contributed by atoms with Crippen molar-refractivity contribution in [3.8, 4) is 0 Å². The van der Waals surface area contributed by atoms with Gasteiger partial charge in [0.1, 0.15) is 0 Å². The summed E-state index contributed by atoms with van der Waals surface area (Å²) in [6.45, 7) is 2.21. The van der Waals surface area contributed by atoms with Crippen LogP contribution in [0.15, 0.2) is 30.5 Å². The molecule has 5 heteroatoms. The lowest BCUT2D eigenvalue weighted by atomic mass is 9.92. The first kappa shape index (κ1) is 12.3. The zero-order valence-electron chi connectivity index (χ0n) is 10.8. The predicted octanol–water partition coefficient (Wildman–Crippen LogP) is 1.16. The number of anilines is 1. The second-order valence-corrected chi connectivity index (χ2v) is 5.08. The summed E-state index contributed by atoms with van der Waals surface area (Å²) in [6.07, 6.45) is 3.32. The van der Waals surface area contributed by atoms with Crippen molar-refractivity contribution < 1.29 is 5.11 Å². The van der Waals surface area contributed by atoms with E-state index in [2.05, 4.69) is 20.6 Å². The predicted molar refractivity (Wildman–Crippen MR) is 75.1 cm³/mol. The van der Waals surface area contributed by atoms with Crippen LogP contribution in [0.5, 0.6) is 0 Å². The first-order valence-corrected chi connectivity index (χ1v) is 6.64. The van der Waals surface area contributed by atoms with Crippen LogP contribution < -0.4 is 10.6 Å². The highest BCUT2D eigenvalue weighted by Crippen LogP contribution is 2.18. The SMILES string of the molecule is OC1(CNc2ncc3ccccc3n2)CCNCC1. The highest BCUT2D eigenvalue weighted by molar-refractivity contribution is 5.78. The molecule has 0 atom stereocenters. The van der Waals surface area contributed by atoms with Crippen LogP contribution in [0.4, 0.5) is 5.95 Å². The lowest BCUT2D eigenvalue weighted by Crippen LogP contribution is -2.46. The van der Waals surface area contributed by atoms with Crippen molar-refractivity contribution in [3.63, 3.8) is 0 Å². The molecule has 0 saturated carbocycles. The molecule has 3 rings (SSSR count). The molecule has 19 heavy (non-hydrogen) atoms. The van der Waals surface area contributed by atoms with Crippen molar-refractivity contribution in [2.75, 3.05) is 25.0 Å². The van der Waals surface area contributed by atoms with E-state index in [1.54, 1.807) is 6.20 Å². The number of aromatic nitrogens is 2. The lowest BCUT2D eigenvalue weighted by Gasteiger charge is -2.32. The number of piperidine rings is 1. The van der Waals surface area contributed by atoms with Gasteiger partial charge >= 0.3 is 0 Å². The summed E-state index contributed by atoms with van der Waals surface area (Å²) >= 11 is 0. The van der Waals surface area contributed by atoms with Gasteiger partial charge in [0.05, 0.1) is 11.1 Å². The molecule has 1 aliphatic rings. The Balaban J connectivity index is 1.71. The minimum Gasteiger partial charge on any atom is -0.388 e. The van der Waals surface area contributed by atoms with Crippen LogP contribution in [0.25, 0.3) is 10.9 Å². The molecule has 1 aliphatic heterocycles. The summed E-state index contributed by atoms with van der Waals surface area (Å²) < 4.78 is 0. The first-order valence-electron chi connectivity index (χ1n) is 6.64. The quantitative estimate of drug-likeness (QED) is 0.770. The van der Waals surface area contributed by atoms with E-state index in [-0.39, 0.29) is 0 Å². The molecule has 0 spiro atoms. The van der Waals surface area contributed by atoms with Crippen LogP contribution in [-0.2, 0) is 0 Å². The van der Waals surface area contributed by atoms with Crippen molar-refractivity contribution >= 4 is 16.9 Å². The van der Waals surface area contributed by atoms with Crippen molar-refractivity contribution in [1.29, 1.82) is 0 Å². The number of fused-ring (bicyclic) bond motifs is 1. The third kappa shape index (κ3) is 2.83. The number of aliphatic hydroxyl groups is 1. The molecule has 0 bridgehead atoms. The van der Waals surface area contributed by atoms with E-state index in [1.807, 2.05) is 24.3 Å². The fraction of sp³-hybridized carbons (Fsp3) is 0.429. The smallest absolute Gasteiger partial charge is 0.223 e. The Morgan fingerprint density at radius 3 is 2.89 bits per heavy atom. The van der Waals surface area contributed by atoms with E-state index >= 15 is 0 Å². The van der Waals surface area contributed by atoms with Crippen molar-refractivity contribution in [1.82, 2.24) is 15.3 Å². The lowest BCUT2D eigenvalue weighted by molar-refractivity contribution is 0.0231. The summed E-state index contributed by atoms with van der Waals surface area (Å²) in [5, 5.41) is 17.8. The summed E-state index contributed by atoms with van der Waals surface area (Å²) in [7, 11) is 0. The first-order chi connectivity index (χ1) is 9.25. The number of nitrogens with zero attached hydrogens (tertiary/aromatic N) is 2. The number of hydrogen-bond donors (Lipinski definition) is 3. The van der Waals surface area contributed by atoms with Crippen molar-refractivity contribution in [2.45, 2.75) is 18.4 Å². The third-order valence-electron chi connectivity index (χ3n) is 3.60. The molecule has 0 amide bonds. The van der Waals surface area contributed by atoms with Gasteiger partial charge in [0.15, 0.2) is 0 Å². The number of para-hydroxylation sites is 1. The fourth-order valence-electron chi connectivity index (χ4n) is 2.37. The second-order valence-electron chi connectivity index (χ2n) is 5.08. The molecule has 100 valence electrons. The number of nitrogens with one attached hydrogen (secondary N) is 2. The number of benzene rings is 1. The Morgan fingerprint density at radius 2 is 2.05 bits per heavy atom. The second kappa shape index (κ2) is 5.11. The van der Waals surface area contributed by atoms with Gasteiger partial charge in [-0.15, -0.1) is 0 Å². The average Bonchev–Trinajstić information content (AvgIpc) is 2.46. The molecule has 0 unspecified atom stereocenters. The largest absolute Gasteiger partial charge is 0.388 e. The zero-order valence-corrected chi connectivity index (χ0v) is 10.8. The monoisotopic (exact) mass is 258 g/mol. The summed E-state index contributed by atoms with van der Waals surface area (Å²) in [4.78, 5) is 8.72. The topological polar surface area (TPSA) is 70.1 Å². The molecule has 0 radical (unpaired) electrons.